The van der Waals surface area contributed by atoms with Gasteiger partial charge in [0.2, 0.25) is 0 Å². The molecule has 0 aromatic heterocycles. The van der Waals surface area contributed by atoms with Crippen molar-refractivity contribution in [1.82, 2.24) is 0 Å². The van der Waals surface area contributed by atoms with Gasteiger partial charge in [-0.05, 0) is 80.8 Å². The fourth-order valence-electron chi connectivity index (χ4n) is 5.22. The summed E-state index contributed by atoms with van der Waals surface area (Å²) in [5, 5.41) is 30.0. The van der Waals surface area contributed by atoms with Gasteiger partial charge in [-0.1, -0.05) is 57.9 Å². The Hall–Kier alpha value is -0.900. The van der Waals surface area contributed by atoms with Crippen molar-refractivity contribution in [1.29, 1.82) is 0 Å². The number of hydrogen-bond donors (Lipinski definition) is 3. The fourth-order valence-corrected chi connectivity index (χ4v) is 5.22. The van der Waals surface area contributed by atoms with Gasteiger partial charge in [0.05, 0.1) is 17.8 Å². The van der Waals surface area contributed by atoms with Crippen molar-refractivity contribution in [2.45, 2.75) is 110 Å². The molecule has 0 amide bonds. The summed E-state index contributed by atoms with van der Waals surface area (Å²) in [5.74, 6) is 1.28. The van der Waals surface area contributed by atoms with E-state index in [1.807, 2.05) is 13.8 Å². The molecule has 0 spiro atoms. The number of aliphatic hydroxyl groups excluding tert-OH is 2. The first-order valence-electron chi connectivity index (χ1n) is 11.6. The van der Waals surface area contributed by atoms with Crippen LogP contribution in [0.2, 0.25) is 0 Å². The zero-order valence-electron chi connectivity index (χ0n) is 19.4. The van der Waals surface area contributed by atoms with Gasteiger partial charge in [0.25, 0.3) is 0 Å². The van der Waals surface area contributed by atoms with E-state index < -0.39 is 17.8 Å². The van der Waals surface area contributed by atoms with Gasteiger partial charge < -0.3 is 15.3 Å². The Labute approximate surface area is 178 Å². The smallest absolute Gasteiger partial charge is 0.0811 e. The van der Waals surface area contributed by atoms with Crippen LogP contribution in [-0.4, -0.2) is 33.1 Å². The molecule has 0 aromatic rings. The fraction of sp³-hybridized carbons (Fsp3) is 0.769. The molecule has 0 aliphatic heterocycles. The number of hydrogen-bond acceptors (Lipinski definition) is 3. The number of aliphatic hydroxyl groups is 3. The van der Waals surface area contributed by atoms with Gasteiger partial charge in [0.1, 0.15) is 0 Å². The van der Waals surface area contributed by atoms with Crippen LogP contribution < -0.4 is 0 Å². The predicted molar refractivity (Wildman–Crippen MR) is 122 cm³/mol. The van der Waals surface area contributed by atoms with Gasteiger partial charge in [-0.15, -0.1) is 0 Å². The first-order chi connectivity index (χ1) is 13.4. The van der Waals surface area contributed by atoms with E-state index in [-0.39, 0.29) is 0 Å². The van der Waals surface area contributed by atoms with E-state index in [2.05, 4.69) is 39.5 Å². The zero-order chi connectivity index (χ0) is 21.8. The molecule has 166 valence electrons. The van der Waals surface area contributed by atoms with Gasteiger partial charge >= 0.3 is 0 Å². The van der Waals surface area contributed by atoms with Crippen molar-refractivity contribution >= 4 is 0 Å². The van der Waals surface area contributed by atoms with Crippen molar-refractivity contribution in [3.05, 3.63) is 35.5 Å². The van der Waals surface area contributed by atoms with Gasteiger partial charge in [0.15, 0.2) is 0 Å². The molecule has 0 aromatic carbocycles. The minimum atomic E-state index is -0.621. The molecule has 0 bridgehead atoms. The van der Waals surface area contributed by atoms with Crippen molar-refractivity contribution in [3.63, 3.8) is 0 Å². The molecule has 0 saturated heterocycles. The van der Waals surface area contributed by atoms with Gasteiger partial charge in [-0.25, -0.2) is 0 Å². The van der Waals surface area contributed by atoms with E-state index >= 15 is 0 Å². The Morgan fingerprint density at radius 2 is 1.93 bits per heavy atom. The lowest BCUT2D eigenvalue weighted by atomic mass is 9.62. The first kappa shape index (κ1) is 24.4. The maximum atomic E-state index is 10.1. The quantitative estimate of drug-likeness (QED) is 0.510. The lowest BCUT2D eigenvalue weighted by Gasteiger charge is -2.43. The molecule has 29 heavy (non-hydrogen) atoms. The summed E-state index contributed by atoms with van der Waals surface area (Å²) in [6.45, 7) is 15.0. The monoisotopic (exact) mass is 404 g/mol. The average molecular weight is 405 g/mol. The van der Waals surface area contributed by atoms with Crippen LogP contribution in [0.4, 0.5) is 0 Å². The summed E-state index contributed by atoms with van der Waals surface area (Å²) < 4.78 is 0. The van der Waals surface area contributed by atoms with Crippen molar-refractivity contribution in [3.8, 4) is 0 Å². The Kier molecular flexibility index (Phi) is 8.35. The molecular formula is C26H44O3. The second-order valence-electron chi connectivity index (χ2n) is 10.8. The lowest BCUT2D eigenvalue weighted by Crippen LogP contribution is -2.33. The predicted octanol–water partition coefficient (Wildman–Crippen LogP) is 5.70. The number of allylic oxidation sites excluding steroid dienone is 3. The molecule has 0 unspecified atom stereocenters. The average Bonchev–Trinajstić information content (AvgIpc) is 2.61. The molecule has 0 heterocycles. The van der Waals surface area contributed by atoms with Crippen LogP contribution in [0, 0.1) is 17.3 Å². The molecule has 3 heteroatoms. The van der Waals surface area contributed by atoms with Gasteiger partial charge in [-0.2, -0.15) is 0 Å². The van der Waals surface area contributed by atoms with Crippen molar-refractivity contribution < 1.29 is 15.3 Å². The molecule has 3 nitrogen and oxygen atoms in total. The van der Waals surface area contributed by atoms with E-state index in [9.17, 15) is 15.3 Å². The van der Waals surface area contributed by atoms with Crippen LogP contribution >= 0.6 is 0 Å². The largest absolute Gasteiger partial charge is 0.393 e. The standard InChI is InChI=1S/C26H44O3/c1-18(9-7-13-25(4,5)29)20(3)26(6)14-8-10-21(17-26)11-12-22-15-23(27)16-24(28)19(22)2/h11-12,18,20,23-24,27-29H,2,7-10,13-17H2,1,3-6H3/b21-11+,22-12-/t18-,20+,23-,24+,26+/m1/s1. The highest BCUT2D eigenvalue weighted by molar-refractivity contribution is 5.38. The Bertz CT molecular complexity index is 624. The number of rotatable bonds is 7. The third-order valence-corrected chi connectivity index (χ3v) is 7.56. The van der Waals surface area contributed by atoms with Crippen molar-refractivity contribution in [2.24, 2.45) is 17.3 Å². The summed E-state index contributed by atoms with van der Waals surface area (Å²) in [7, 11) is 0. The Morgan fingerprint density at radius 1 is 1.24 bits per heavy atom. The van der Waals surface area contributed by atoms with Crippen molar-refractivity contribution in [2.75, 3.05) is 0 Å². The minimum absolute atomic E-state index is 0.305. The summed E-state index contributed by atoms with van der Waals surface area (Å²) in [6, 6.07) is 0. The van der Waals surface area contributed by atoms with Crippen LogP contribution in [0.25, 0.3) is 0 Å². The molecule has 2 aliphatic carbocycles. The van der Waals surface area contributed by atoms with E-state index in [4.69, 9.17) is 0 Å². The van der Waals surface area contributed by atoms with Crippen LogP contribution in [0.15, 0.2) is 35.5 Å². The maximum absolute atomic E-state index is 10.1. The highest BCUT2D eigenvalue weighted by atomic mass is 16.3. The summed E-state index contributed by atoms with van der Waals surface area (Å²) in [6.07, 6.45) is 12.1. The van der Waals surface area contributed by atoms with E-state index in [1.165, 1.54) is 24.8 Å². The normalized spacial score (nSPS) is 33.9. The second-order valence-corrected chi connectivity index (χ2v) is 10.8. The maximum Gasteiger partial charge on any atom is 0.0811 e. The molecule has 0 radical (unpaired) electrons. The molecule has 2 aliphatic rings. The SMILES string of the molecule is C=C1/C(=C\C=C2/CCC[C@](C)([C@@H](C)[C@H](C)CCCC(C)(C)O)C2)C[C@@H](O)C[C@@H]1O. The van der Waals surface area contributed by atoms with Crippen LogP contribution in [0.3, 0.4) is 0 Å². The van der Waals surface area contributed by atoms with Crippen LogP contribution in [0.5, 0.6) is 0 Å². The van der Waals surface area contributed by atoms with Gasteiger partial charge in [-0.3, -0.25) is 0 Å². The highest BCUT2D eigenvalue weighted by Crippen LogP contribution is 2.48. The molecule has 3 N–H and O–H groups in total. The molecule has 2 saturated carbocycles. The Morgan fingerprint density at radius 3 is 2.59 bits per heavy atom. The molecular weight excluding hydrogens is 360 g/mol. The van der Waals surface area contributed by atoms with Crippen LogP contribution in [-0.2, 0) is 0 Å². The highest BCUT2D eigenvalue weighted by Gasteiger charge is 2.37. The van der Waals surface area contributed by atoms with Gasteiger partial charge in [0, 0.05) is 6.42 Å². The molecule has 2 rings (SSSR count). The topological polar surface area (TPSA) is 60.7 Å². The molecule has 2 fully saturated rings. The van der Waals surface area contributed by atoms with E-state index in [0.29, 0.717) is 30.1 Å². The second kappa shape index (κ2) is 9.94. The van der Waals surface area contributed by atoms with E-state index in [0.717, 1.165) is 36.8 Å². The minimum Gasteiger partial charge on any atom is -0.393 e. The summed E-state index contributed by atoms with van der Waals surface area (Å²) in [5.41, 5.74) is 2.97. The summed E-state index contributed by atoms with van der Waals surface area (Å²) >= 11 is 0. The zero-order valence-corrected chi connectivity index (χ0v) is 19.4. The Balaban J connectivity index is 2.01. The van der Waals surface area contributed by atoms with Crippen LogP contribution in [0.1, 0.15) is 92.4 Å². The lowest BCUT2D eigenvalue weighted by molar-refractivity contribution is 0.0610. The first-order valence-corrected chi connectivity index (χ1v) is 11.6. The third kappa shape index (κ3) is 7.08. The van der Waals surface area contributed by atoms with E-state index in [1.54, 1.807) is 0 Å². The molecule has 5 atom stereocenters. The summed E-state index contributed by atoms with van der Waals surface area (Å²) in [4.78, 5) is 0. The third-order valence-electron chi connectivity index (χ3n) is 7.56.